The Balaban J connectivity index is 2.17. The zero-order chi connectivity index (χ0) is 15.3. The summed E-state index contributed by atoms with van der Waals surface area (Å²) in [5.74, 6) is 0.404. The summed E-state index contributed by atoms with van der Waals surface area (Å²) < 4.78 is 38.0. The fraction of sp³-hybridized carbons (Fsp3) is 0.286. The molecule has 0 spiro atoms. The molecule has 0 saturated heterocycles. The van der Waals surface area contributed by atoms with Gasteiger partial charge in [-0.3, -0.25) is 0 Å². The molecule has 0 aliphatic heterocycles. The van der Waals surface area contributed by atoms with E-state index < -0.39 is 12.6 Å². The van der Waals surface area contributed by atoms with E-state index in [-0.39, 0.29) is 13.0 Å². The minimum atomic E-state index is -4.14. The molecule has 0 aliphatic rings. The number of halogens is 4. The average Bonchev–Trinajstić information content (AvgIpc) is 2.45. The molecule has 0 bridgehead atoms. The van der Waals surface area contributed by atoms with E-state index in [1.54, 1.807) is 23.4 Å². The molecule has 2 aromatic rings. The van der Waals surface area contributed by atoms with Crippen LogP contribution >= 0.6 is 22.6 Å². The number of nitrogens with zero attached hydrogens (tertiary/aromatic N) is 3. The molecule has 0 amide bonds. The van der Waals surface area contributed by atoms with Gasteiger partial charge in [0.25, 0.3) is 0 Å². The number of hydrogen-bond acceptors (Lipinski definition) is 3. The quantitative estimate of drug-likeness (QED) is 0.681. The Morgan fingerprint density at radius 3 is 2.24 bits per heavy atom. The third-order valence-electron chi connectivity index (χ3n) is 2.77. The molecule has 0 radical (unpaired) electrons. The maximum Gasteiger partial charge on any atom is 0.389 e. The van der Waals surface area contributed by atoms with Gasteiger partial charge < -0.3 is 4.90 Å². The van der Waals surface area contributed by atoms with Crippen LogP contribution in [0.15, 0.2) is 42.7 Å². The number of hydrogen-bond donors (Lipinski definition) is 0. The maximum atomic E-state index is 12.3. The first-order valence-corrected chi connectivity index (χ1v) is 7.40. The van der Waals surface area contributed by atoms with E-state index in [2.05, 4.69) is 32.6 Å². The van der Waals surface area contributed by atoms with Gasteiger partial charge in [-0.25, -0.2) is 9.97 Å². The van der Waals surface area contributed by atoms with Crippen LogP contribution in [0, 0.1) is 3.57 Å². The molecule has 112 valence electrons. The molecule has 1 heterocycles. The second-order valence-corrected chi connectivity index (χ2v) is 5.64. The van der Waals surface area contributed by atoms with E-state index in [0.29, 0.717) is 5.95 Å². The van der Waals surface area contributed by atoms with Gasteiger partial charge in [-0.05, 0) is 59.3 Å². The van der Waals surface area contributed by atoms with Crippen molar-refractivity contribution in [2.24, 2.45) is 0 Å². The number of anilines is 2. The lowest BCUT2D eigenvalue weighted by Crippen LogP contribution is -2.22. The van der Waals surface area contributed by atoms with Crippen molar-refractivity contribution in [3.05, 3.63) is 46.3 Å². The molecule has 2 rings (SSSR count). The van der Waals surface area contributed by atoms with Crippen LogP contribution < -0.4 is 4.90 Å². The van der Waals surface area contributed by atoms with Crippen molar-refractivity contribution in [1.29, 1.82) is 0 Å². The van der Waals surface area contributed by atoms with Crippen molar-refractivity contribution in [2.45, 2.75) is 19.0 Å². The van der Waals surface area contributed by atoms with Crippen molar-refractivity contribution >= 4 is 34.2 Å². The first-order valence-electron chi connectivity index (χ1n) is 6.32. The first kappa shape index (κ1) is 16.0. The lowest BCUT2D eigenvalue weighted by atomic mass is 10.2. The summed E-state index contributed by atoms with van der Waals surface area (Å²) in [5.41, 5.74) is 0.781. The zero-order valence-corrected chi connectivity index (χ0v) is 13.2. The largest absolute Gasteiger partial charge is 0.389 e. The van der Waals surface area contributed by atoms with Crippen LogP contribution in [0.25, 0.3) is 0 Å². The SMILES string of the molecule is FC(F)(F)CCCN(c1ccc(I)cc1)c1ncccn1. The van der Waals surface area contributed by atoms with Gasteiger partial charge in [0.05, 0.1) is 0 Å². The van der Waals surface area contributed by atoms with E-state index >= 15 is 0 Å². The summed E-state index contributed by atoms with van der Waals surface area (Å²) in [5, 5.41) is 0. The van der Waals surface area contributed by atoms with Crippen LogP contribution in [-0.2, 0) is 0 Å². The third-order valence-corrected chi connectivity index (χ3v) is 3.49. The van der Waals surface area contributed by atoms with Gasteiger partial charge in [0.15, 0.2) is 0 Å². The third kappa shape index (κ3) is 5.14. The molecule has 1 aromatic carbocycles. The van der Waals surface area contributed by atoms with Gasteiger partial charge in [0, 0.05) is 34.6 Å². The van der Waals surface area contributed by atoms with E-state index in [4.69, 9.17) is 0 Å². The molecule has 0 N–H and O–H groups in total. The maximum absolute atomic E-state index is 12.3. The Morgan fingerprint density at radius 2 is 1.67 bits per heavy atom. The van der Waals surface area contributed by atoms with Crippen LogP contribution in [0.5, 0.6) is 0 Å². The van der Waals surface area contributed by atoms with Gasteiger partial charge in [-0.15, -0.1) is 0 Å². The van der Waals surface area contributed by atoms with E-state index in [0.717, 1.165) is 9.26 Å². The number of benzene rings is 1. The second-order valence-electron chi connectivity index (χ2n) is 4.40. The Bertz CT molecular complexity index is 558. The lowest BCUT2D eigenvalue weighted by molar-refractivity contribution is -0.134. The molecule has 1 aromatic heterocycles. The van der Waals surface area contributed by atoms with Gasteiger partial charge in [0.2, 0.25) is 5.95 Å². The lowest BCUT2D eigenvalue weighted by Gasteiger charge is -2.23. The highest BCUT2D eigenvalue weighted by atomic mass is 127. The standard InChI is InChI=1S/C14H13F3IN3/c15-14(16,17)7-1-10-21(13-19-8-2-9-20-13)12-5-3-11(18)4-6-12/h2-6,8-9H,1,7,10H2. The van der Waals surface area contributed by atoms with E-state index in [1.807, 2.05) is 24.3 Å². The van der Waals surface area contributed by atoms with Gasteiger partial charge >= 0.3 is 6.18 Å². The van der Waals surface area contributed by atoms with Gasteiger partial charge in [0.1, 0.15) is 0 Å². The number of rotatable bonds is 5. The van der Waals surface area contributed by atoms with Gasteiger partial charge in [-0.2, -0.15) is 13.2 Å². The smallest absolute Gasteiger partial charge is 0.311 e. The summed E-state index contributed by atoms with van der Waals surface area (Å²) in [4.78, 5) is 9.95. The molecule has 0 atom stereocenters. The van der Waals surface area contributed by atoms with Crippen LogP contribution in [-0.4, -0.2) is 22.7 Å². The second kappa shape index (κ2) is 7.06. The Hall–Kier alpha value is -1.38. The van der Waals surface area contributed by atoms with Crippen molar-refractivity contribution in [2.75, 3.05) is 11.4 Å². The van der Waals surface area contributed by atoms with Crippen LogP contribution in [0.1, 0.15) is 12.8 Å². The zero-order valence-electron chi connectivity index (χ0n) is 11.0. The molecule has 0 aliphatic carbocycles. The summed E-state index contributed by atoms with van der Waals surface area (Å²) in [6.07, 6.45) is -1.82. The fourth-order valence-corrected chi connectivity index (χ4v) is 2.19. The average molecular weight is 407 g/mol. The summed E-state index contributed by atoms with van der Waals surface area (Å²) in [6, 6.07) is 9.17. The monoisotopic (exact) mass is 407 g/mol. The summed E-state index contributed by atoms with van der Waals surface area (Å²) in [7, 11) is 0. The first-order chi connectivity index (χ1) is 9.96. The van der Waals surface area contributed by atoms with Crippen molar-refractivity contribution < 1.29 is 13.2 Å². The Kier molecular flexibility index (Phi) is 5.38. The molecule has 0 saturated carbocycles. The van der Waals surface area contributed by atoms with Crippen molar-refractivity contribution in [3.8, 4) is 0 Å². The van der Waals surface area contributed by atoms with Crippen LogP contribution in [0.3, 0.4) is 0 Å². The highest BCUT2D eigenvalue weighted by Gasteiger charge is 2.27. The molecular weight excluding hydrogens is 394 g/mol. The van der Waals surface area contributed by atoms with E-state index in [9.17, 15) is 13.2 Å². The highest BCUT2D eigenvalue weighted by molar-refractivity contribution is 14.1. The molecule has 7 heteroatoms. The molecule has 21 heavy (non-hydrogen) atoms. The predicted octanol–water partition coefficient (Wildman–Crippen LogP) is 4.56. The van der Waals surface area contributed by atoms with E-state index in [1.165, 1.54) is 0 Å². The minimum Gasteiger partial charge on any atom is -0.311 e. The molecular formula is C14H13F3IN3. The molecule has 0 fully saturated rings. The van der Waals surface area contributed by atoms with Crippen molar-refractivity contribution in [3.63, 3.8) is 0 Å². The highest BCUT2D eigenvalue weighted by Crippen LogP contribution is 2.26. The summed E-state index contributed by atoms with van der Waals surface area (Å²) >= 11 is 2.18. The Labute approximate surface area is 134 Å². The van der Waals surface area contributed by atoms with Gasteiger partial charge in [-0.1, -0.05) is 0 Å². The fourth-order valence-electron chi connectivity index (χ4n) is 1.83. The normalized spacial score (nSPS) is 11.4. The minimum absolute atomic E-state index is 0.00621. The Morgan fingerprint density at radius 1 is 1.05 bits per heavy atom. The van der Waals surface area contributed by atoms with Crippen LogP contribution in [0.4, 0.5) is 24.8 Å². The number of alkyl halides is 3. The number of aromatic nitrogens is 2. The summed E-state index contributed by atoms with van der Waals surface area (Å²) in [6.45, 7) is 0.212. The molecule has 0 unspecified atom stereocenters. The van der Waals surface area contributed by atoms with Crippen LogP contribution in [0.2, 0.25) is 0 Å². The predicted molar refractivity (Wildman–Crippen MR) is 83.5 cm³/mol. The molecule has 3 nitrogen and oxygen atoms in total. The van der Waals surface area contributed by atoms with Crippen molar-refractivity contribution in [1.82, 2.24) is 9.97 Å². The topological polar surface area (TPSA) is 29.0 Å².